The summed E-state index contributed by atoms with van der Waals surface area (Å²) in [6, 6.07) is 59.2. The third-order valence-electron chi connectivity index (χ3n) is 11.9. The van der Waals surface area contributed by atoms with Crippen LogP contribution in [-0.2, 0) is 5.41 Å². The molecule has 0 aliphatic heterocycles. The number of hydrogen-bond donors (Lipinski definition) is 0. The second-order valence-corrected chi connectivity index (χ2v) is 16.2. The van der Waals surface area contributed by atoms with Crippen molar-refractivity contribution in [1.29, 1.82) is 0 Å². The van der Waals surface area contributed by atoms with Crippen LogP contribution in [0.3, 0.4) is 0 Å². The van der Waals surface area contributed by atoms with Crippen LogP contribution >= 0.6 is 0 Å². The number of anilines is 6. The molecular formula is C53H44N2. The largest absolute Gasteiger partial charge is 0.310 e. The fraction of sp³-hybridized carbons (Fsp3) is 0.132. The number of aryl methyl sites for hydroxylation is 4. The lowest BCUT2D eigenvalue weighted by Crippen LogP contribution is -2.24. The number of rotatable bonds is 6. The monoisotopic (exact) mass is 708 g/mol. The second-order valence-electron chi connectivity index (χ2n) is 16.2. The average Bonchev–Trinajstić information content (AvgIpc) is 3.17. The van der Waals surface area contributed by atoms with Gasteiger partial charge in [0, 0.05) is 39.2 Å². The van der Waals surface area contributed by atoms with Gasteiger partial charge in [-0.15, -0.1) is 0 Å². The van der Waals surface area contributed by atoms with Crippen molar-refractivity contribution >= 4 is 66.4 Å². The van der Waals surface area contributed by atoms with Crippen LogP contribution < -0.4 is 9.80 Å². The molecule has 0 saturated carbocycles. The summed E-state index contributed by atoms with van der Waals surface area (Å²) >= 11 is 0. The second kappa shape index (κ2) is 12.3. The minimum Gasteiger partial charge on any atom is -0.310 e. The molecule has 0 amide bonds. The molecule has 1 aliphatic carbocycles. The van der Waals surface area contributed by atoms with Gasteiger partial charge in [0.2, 0.25) is 0 Å². The van der Waals surface area contributed by atoms with Gasteiger partial charge >= 0.3 is 0 Å². The third-order valence-corrected chi connectivity index (χ3v) is 11.9. The van der Waals surface area contributed by atoms with E-state index in [1.807, 2.05) is 0 Å². The topological polar surface area (TPSA) is 6.48 Å². The molecule has 0 atom stereocenters. The van der Waals surface area contributed by atoms with Crippen molar-refractivity contribution in [3.63, 3.8) is 0 Å². The molecule has 0 spiro atoms. The molecule has 0 saturated heterocycles. The van der Waals surface area contributed by atoms with Gasteiger partial charge in [-0.25, -0.2) is 0 Å². The summed E-state index contributed by atoms with van der Waals surface area (Å²) in [6.45, 7) is 13.5. The quantitative estimate of drug-likeness (QED) is 0.159. The van der Waals surface area contributed by atoms with E-state index in [4.69, 9.17) is 0 Å². The maximum atomic E-state index is 2.50. The van der Waals surface area contributed by atoms with E-state index in [1.54, 1.807) is 0 Å². The molecule has 2 nitrogen and oxygen atoms in total. The lowest BCUT2D eigenvalue weighted by atomic mass is 9.67. The Kier molecular flexibility index (Phi) is 7.44. The SMILES string of the molecule is Cc1cccc(N(c2cccc(C)c2)c2ccc3c(c2)C(C)(C)c2cc4ccc(N(c5cccc(C)c5)c5cccc(C)c5)c5ccc6ccc-3c2c6c45)c1. The first-order valence-electron chi connectivity index (χ1n) is 19.4. The zero-order valence-electron chi connectivity index (χ0n) is 32.4. The molecular weight excluding hydrogens is 665 g/mol. The molecule has 1 aliphatic rings. The number of hydrogen-bond acceptors (Lipinski definition) is 2. The van der Waals surface area contributed by atoms with Crippen LogP contribution in [0, 0.1) is 27.7 Å². The van der Waals surface area contributed by atoms with Crippen molar-refractivity contribution in [3.05, 3.63) is 191 Å². The van der Waals surface area contributed by atoms with Crippen molar-refractivity contribution in [2.75, 3.05) is 9.80 Å². The van der Waals surface area contributed by atoms with Gasteiger partial charge in [0.25, 0.3) is 0 Å². The molecule has 55 heavy (non-hydrogen) atoms. The standard InChI is InChI=1S/C53H44N2/c1-33-11-7-15-39(27-33)54(40-16-8-12-34(2)28-40)43-22-25-44-45-23-19-37-20-24-46-49(55(41-17-9-13-35(3)29-41)42-18-10-14-36(4)30-42)26-21-38-31-48(52(45)51(37)50(38)46)53(5,6)47(44)32-43/h7-32H,1-6H3. The normalized spacial score (nSPS) is 13.1. The van der Waals surface area contributed by atoms with E-state index >= 15 is 0 Å². The molecule has 10 rings (SSSR count). The molecule has 0 radical (unpaired) electrons. The first-order chi connectivity index (χ1) is 26.7. The summed E-state index contributed by atoms with van der Waals surface area (Å²) in [5, 5.41) is 7.91. The van der Waals surface area contributed by atoms with E-state index in [9.17, 15) is 0 Å². The fourth-order valence-electron chi connectivity index (χ4n) is 9.32. The van der Waals surface area contributed by atoms with Crippen LogP contribution in [-0.4, -0.2) is 0 Å². The summed E-state index contributed by atoms with van der Waals surface area (Å²) in [5.74, 6) is 0. The molecule has 0 N–H and O–H groups in total. The van der Waals surface area contributed by atoms with E-state index in [2.05, 4.69) is 209 Å². The summed E-state index contributed by atoms with van der Waals surface area (Å²) in [7, 11) is 0. The van der Waals surface area contributed by atoms with Crippen molar-refractivity contribution in [2.45, 2.75) is 47.0 Å². The lowest BCUT2D eigenvalue weighted by Gasteiger charge is -2.37. The molecule has 0 unspecified atom stereocenters. The first-order valence-corrected chi connectivity index (χ1v) is 19.4. The molecule has 0 fully saturated rings. The Balaban J connectivity index is 1.21. The minimum absolute atomic E-state index is 0.245. The van der Waals surface area contributed by atoms with Gasteiger partial charge < -0.3 is 9.80 Å². The maximum Gasteiger partial charge on any atom is 0.0540 e. The summed E-state index contributed by atoms with van der Waals surface area (Å²) in [5.41, 5.74) is 17.1. The van der Waals surface area contributed by atoms with E-state index in [0.717, 1.165) is 0 Å². The molecule has 266 valence electrons. The molecule has 0 heterocycles. The highest BCUT2D eigenvalue weighted by Gasteiger charge is 2.36. The maximum absolute atomic E-state index is 2.50. The van der Waals surface area contributed by atoms with Crippen LogP contribution in [0.2, 0.25) is 0 Å². The Morgan fingerprint density at radius 1 is 0.364 bits per heavy atom. The van der Waals surface area contributed by atoms with Crippen LogP contribution in [0.4, 0.5) is 34.1 Å². The Hall–Kier alpha value is -6.38. The molecule has 2 heteroatoms. The zero-order chi connectivity index (χ0) is 37.6. The van der Waals surface area contributed by atoms with Gasteiger partial charge in [-0.1, -0.05) is 98.8 Å². The first kappa shape index (κ1) is 33.2. The highest BCUT2D eigenvalue weighted by Crippen LogP contribution is 2.54. The van der Waals surface area contributed by atoms with E-state index in [1.165, 1.54) is 111 Å². The molecule has 0 bridgehead atoms. The Morgan fingerprint density at radius 3 is 1.42 bits per heavy atom. The van der Waals surface area contributed by atoms with Crippen LogP contribution in [0.1, 0.15) is 47.2 Å². The third kappa shape index (κ3) is 5.23. The molecule has 9 aromatic carbocycles. The number of fused-ring (bicyclic) bond motifs is 2. The van der Waals surface area contributed by atoms with E-state index in [-0.39, 0.29) is 5.41 Å². The fourth-order valence-corrected chi connectivity index (χ4v) is 9.32. The number of benzene rings is 9. The summed E-state index contributed by atoms with van der Waals surface area (Å²) in [6.07, 6.45) is 0. The average molecular weight is 709 g/mol. The van der Waals surface area contributed by atoms with Gasteiger partial charge in [-0.05, 0) is 172 Å². The van der Waals surface area contributed by atoms with Crippen LogP contribution in [0.25, 0.3) is 43.4 Å². The summed E-state index contributed by atoms with van der Waals surface area (Å²) in [4.78, 5) is 4.85. The highest BCUT2D eigenvalue weighted by molar-refractivity contribution is 6.29. The van der Waals surface area contributed by atoms with Crippen molar-refractivity contribution in [1.82, 2.24) is 0 Å². The van der Waals surface area contributed by atoms with Crippen molar-refractivity contribution in [2.24, 2.45) is 0 Å². The smallest absolute Gasteiger partial charge is 0.0540 e. The van der Waals surface area contributed by atoms with Gasteiger partial charge in [0.1, 0.15) is 0 Å². The minimum atomic E-state index is -0.245. The Labute approximate surface area is 324 Å². The predicted molar refractivity (Wildman–Crippen MR) is 236 cm³/mol. The van der Waals surface area contributed by atoms with Crippen LogP contribution in [0.15, 0.2) is 158 Å². The highest BCUT2D eigenvalue weighted by atomic mass is 15.1. The van der Waals surface area contributed by atoms with Crippen molar-refractivity contribution < 1.29 is 0 Å². The lowest BCUT2D eigenvalue weighted by molar-refractivity contribution is 0.646. The Morgan fingerprint density at radius 2 is 0.855 bits per heavy atom. The van der Waals surface area contributed by atoms with Gasteiger partial charge in [0.15, 0.2) is 0 Å². The van der Waals surface area contributed by atoms with Crippen LogP contribution in [0.5, 0.6) is 0 Å². The van der Waals surface area contributed by atoms with Gasteiger partial charge in [-0.2, -0.15) is 0 Å². The Bertz CT molecular complexity index is 2880. The van der Waals surface area contributed by atoms with Gasteiger partial charge in [0.05, 0.1) is 5.69 Å². The predicted octanol–water partition coefficient (Wildman–Crippen LogP) is 15.1. The van der Waals surface area contributed by atoms with Crippen molar-refractivity contribution in [3.8, 4) is 11.1 Å². The molecule has 9 aromatic rings. The van der Waals surface area contributed by atoms with E-state index < -0.39 is 0 Å². The molecule has 0 aromatic heterocycles. The summed E-state index contributed by atoms with van der Waals surface area (Å²) < 4.78 is 0. The van der Waals surface area contributed by atoms with E-state index in [0.29, 0.717) is 0 Å². The number of nitrogens with zero attached hydrogens (tertiary/aromatic N) is 2. The van der Waals surface area contributed by atoms with Gasteiger partial charge in [-0.3, -0.25) is 0 Å². The zero-order valence-corrected chi connectivity index (χ0v) is 32.4.